The predicted octanol–water partition coefficient (Wildman–Crippen LogP) is -1.10. The molecule has 1 aliphatic rings. The number of rotatable bonds is 6. The van der Waals surface area contributed by atoms with Crippen molar-refractivity contribution in [1.29, 1.82) is 0 Å². The zero-order valence-corrected chi connectivity index (χ0v) is 14.1. The Morgan fingerprint density at radius 3 is 2.78 bits per heavy atom. The van der Waals surface area contributed by atoms with Gasteiger partial charge >= 0.3 is 0 Å². The number of hydrogen-bond acceptors (Lipinski definition) is 5. The lowest BCUT2D eigenvalue weighted by atomic mass is 10.2. The van der Waals surface area contributed by atoms with Crippen molar-refractivity contribution < 1.29 is 4.79 Å². The van der Waals surface area contributed by atoms with Crippen LogP contribution < -0.4 is 16.8 Å². The van der Waals surface area contributed by atoms with Gasteiger partial charge in [-0.05, 0) is 19.8 Å². The molecule has 1 aromatic rings. The molecule has 0 aromatic carbocycles. The molecule has 2 heterocycles. The summed E-state index contributed by atoms with van der Waals surface area (Å²) in [6.07, 6.45) is 3.34. The molecule has 10 heteroatoms. The number of aromatic nitrogens is 3. The summed E-state index contributed by atoms with van der Waals surface area (Å²) in [6, 6.07) is -0.336. The van der Waals surface area contributed by atoms with E-state index in [4.69, 9.17) is 11.5 Å². The summed E-state index contributed by atoms with van der Waals surface area (Å²) in [6.45, 7) is 5.57. The number of aryl methyl sites for hydroxylation is 1. The molecule has 0 saturated carbocycles. The van der Waals surface area contributed by atoms with Crippen LogP contribution in [0.15, 0.2) is 11.2 Å². The minimum absolute atomic E-state index is 0. The van der Waals surface area contributed by atoms with Gasteiger partial charge in [0.25, 0.3) is 0 Å². The Hall–Kier alpha value is -1.87. The molecule has 0 radical (unpaired) electrons. The van der Waals surface area contributed by atoms with Gasteiger partial charge in [0, 0.05) is 38.9 Å². The first kappa shape index (κ1) is 19.2. The third-order valence-corrected chi connectivity index (χ3v) is 3.63. The fourth-order valence-corrected chi connectivity index (χ4v) is 2.35. The van der Waals surface area contributed by atoms with Crippen LogP contribution >= 0.6 is 12.4 Å². The molecule has 2 rings (SSSR count). The molecule has 23 heavy (non-hydrogen) atoms. The van der Waals surface area contributed by atoms with Crippen LogP contribution in [-0.2, 0) is 11.2 Å². The second kappa shape index (κ2) is 9.31. The topological polar surface area (TPSA) is 127 Å². The van der Waals surface area contributed by atoms with E-state index in [1.807, 2.05) is 18.0 Å². The first-order valence-corrected chi connectivity index (χ1v) is 7.53. The fraction of sp³-hybridized carbons (Fsp3) is 0.692. The number of nitrogens with two attached hydrogens (primary N) is 2. The average molecular weight is 345 g/mol. The van der Waals surface area contributed by atoms with Gasteiger partial charge in [-0.25, -0.2) is 4.68 Å². The van der Waals surface area contributed by atoms with Gasteiger partial charge in [-0.15, -0.1) is 17.5 Å². The normalized spacial score (nSPS) is 15.6. The molecule has 130 valence electrons. The van der Waals surface area contributed by atoms with Crippen LogP contribution in [0.4, 0.5) is 0 Å². The number of halogens is 1. The average Bonchev–Trinajstić information content (AvgIpc) is 2.99. The highest BCUT2D eigenvalue weighted by Gasteiger charge is 2.24. The van der Waals surface area contributed by atoms with E-state index in [1.165, 1.54) is 0 Å². The highest BCUT2D eigenvalue weighted by Crippen LogP contribution is 2.10. The van der Waals surface area contributed by atoms with Crippen molar-refractivity contribution in [3.8, 4) is 0 Å². The second-order valence-corrected chi connectivity index (χ2v) is 5.35. The number of nitrogens with one attached hydrogen (secondary N) is 1. The van der Waals surface area contributed by atoms with E-state index in [1.54, 1.807) is 4.68 Å². The zero-order chi connectivity index (χ0) is 15.9. The molecule has 0 aliphatic carbocycles. The molecule has 1 aromatic heterocycles. The van der Waals surface area contributed by atoms with Crippen molar-refractivity contribution in [3.05, 3.63) is 11.9 Å². The number of carbonyl (C=O) groups is 1. The van der Waals surface area contributed by atoms with Crippen molar-refractivity contribution >= 4 is 24.3 Å². The number of nitrogens with zero attached hydrogens (tertiary/aromatic N) is 5. The Morgan fingerprint density at radius 2 is 2.13 bits per heavy atom. The lowest BCUT2D eigenvalue weighted by Gasteiger charge is -2.29. The summed E-state index contributed by atoms with van der Waals surface area (Å²) in [5.41, 5.74) is 11.4. The third kappa shape index (κ3) is 5.68. The van der Waals surface area contributed by atoms with Crippen molar-refractivity contribution in [1.82, 2.24) is 25.2 Å². The maximum Gasteiger partial charge on any atom is 0.247 e. The number of carbonyl (C=O) groups excluding carboxylic acids is 1. The molecule has 1 aliphatic heterocycles. The van der Waals surface area contributed by atoms with Crippen LogP contribution in [0.2, 0.25) is 0 Å². The lowest BCUT2D eigenvalue weighted by Crippen LogP contribution is -2.48. The van der Waals surface area contributed by atoms with Gasteiger partial charge in [-0.2, -0.15) is 0 Å². The highest BCUT2D eigenvalue weighted by molar-refractivity contribution is 5.85. The van der Waals surface area contributed by atoms with E-state index in [0.29, 0.717) is 6.54 Å². The first-order valence-electron chi connectivity index (χ1n) is 7.53. The van der Waals surface area contributed by atoms with Gasteiger partial charge in [0.2, 0.25) is 5.91 Å². The Balaban J connectivity index is 0.00000264. The Bertz CT molecular complexity index is 522. The molecule has 5 N–H and O–H groups in total. The molecule has 9 nitrogen and oxygen atoms in total. The Labute approximate surface area is 141 Å². The number of piperazine rings is 1. The molecule has 0 unspecified atom stereocenters. The van der Waals surface area contributed by atoms with E-state index in [9.17, 15) is 4.79 Å². The predicted molar refractivity (Wildman–Crippen MR) is 90.4 cm³/mol. The molecule has 1 amide bonds. The molecule has 1 saturated heterocycles. The zero-order valence-electron chi connectivity index (χ0n) is 13.3. The van der Waals surface area contributed by atoms with Crippen molar-refractivity contribution in [2.45, 2.75) is 25.8 Å². The quantitative estimate of drug-likeness (QED) is 0.341. The number of aliphatic imine (C=N–C) groups is 1. The van der Waals surface area contributed by atoms with Crippen molar-refractivity contribution in [2.75, 3.05) is 32.7 Å². The first-order chi connectivity index (χ1) is 10.6. The molecule has 1 fully saturated rings. The van der Waals surface area contributed by atoms with Crippen molar-refractivity contribution in [3.63, 3.8) is 0 Å². The van der Waals surface area contributed by atoms with E-state index >= 15 is 0 Å². The summed E-state index contributed by atoms with van der Waals surface area (Å²) >= 11 is 0. The SMILES string of the molecule is C[C@@H](C(=O)N1CCNCC1)n1cc(CCCN=C(N)N)nn1.Cl. The van der Waals surface area contributed by atoms with E-state index < -0.39 is 0 Å². The summed E-state index contributed by atoms with van der Waals surface area (Å²) in [4.78, 5) is 18.2. The maximum absolute atomic E-state index is 12.4. The summed E-state index contributed by atoms with van der Waals surface area (Å²) in [5, 5.41) is 11.4. The van der Waals surface area contributed by atoms with Gasteiger partial charge in [0.05, 0.1) is 5.69 Å². The minimum atomic E-state index is -0.336. The highest BCUT2D eigenvalue weighted by atomic mass is 35.5. The summed E-state index contributed by atoms with van der Waals surface area (Å²) < 4.78 is 1.63. The monoisotopic (exact) mass is 344 g/mol. The molecular weight excluding hydrogens is 320 g/mol. The molecular formula is C13H25ClN8O. The smallest absolute Gasteiger partial charge is 0.247 e. The molecule has 1 atom stereocenters. The van der Waals surface area contributed by atoms with Crippen LogP contribution in [0, 0.1) is 0 Å². The fourth-order valence-electron chi connectivity index (χ4n) is 2.35. The summed E-state index contributed by atoms with van der Waals surface area (Å²) in [5.74, 6) is 0.178. The van der Waals surface area contributed by atoms with Crippen LogP contribution in [0.3, 0.4) is 0 Å². The van der Waals surface area contributed by atoms with Gasteiger partial charge in [-0.3, -0.25) is 9.79 Å². The Kier molecular flexibility index (Phi) is 7.76. The summed E-state index contributed by atoms with van der Waals surface area (Å²) in [7, 11) is 0. The second-order valence-electron chi connectivity index (χ2n) is 5.35. The van der Waals surface area contributed by atoms with Crippen LogP contribution in [0.1, 0.15) is 25.1 Å². The van der Waals surface area contributed by atoms with Crippen LogP contribution in [-0.4, -0.2) is 64.5 Å². The standard InChI is InChI=1S/C13H24N8O.ClH/c1-10(12(22)20-7-5-16-6-8-20)21-9-11(18-19-21)3-2-4-17-13(14)15;/h9-10,16H,2-8H2,1H3,(H4,14,15,17);1H/t10-;/m0./s1. The lowest BCUT2D eigenvalue weighted by molar-refractivity contribution is -0.135. The van der Waals surface area contributed by atoms with E-state index in [2.05, 4.69) is 20.6 Å². The number of guanidine groups is 1. The van der Waals surface area contributed by atoms with Crippen LogP contribution in [0.25, 0.3) is 0 Å². The van der Waals surface area contributed by atoms with Gasteiger partial charge in [-0.1, -0.05) is 5.21 Å². The van der Waals surface area contributed by atoms with Crippen molar-refractivity contribution in [2.24, 2.45) is 16.5 Å². The number of hydrogen-bond donors (Lipinski definition) is 3. The van der Waals surface area contributed by atoms with Crippen LogP contribution in [0.5, 0.6) is 0 Å². The van der Waals surface area contributed by atoms with Gasteiger partial charge < -0.3 is 21.7 Å². The largest absolute Gasteiger partial charge is 0.370 e. The number of amides is 1. The maximum atomic E-state index is 12.4. The molecule has 0 bridgehead atoms. The Morgan fingerprint density at radius 1 is 1.43 bits per heavy atom. The minimum Gasteiger partial charge on any atom is -0.370 e. The molecule has 0 spiro atoms. The van der Waals surface area contributed by atoms with Gasteiger partial charge in [0.15, 0.2) is 5.96 Å². The third-order valence-electron chi connectivity index (χ3n) is 3.63. The van der Waals surface area contributed by atoms with E-state index in [-0.39, 0.29) is 30.3 Å². The van der Waals surface area contributed by atoms with E-state index in [0.717, 1.165) is 44.7 Å². The van der Waals surface area contributed by atoms with Gasteiger partial charge in [0.1, 0.15) is 6.04 Å².